The smallest absolute Gasteiger partial charge is 0.326 e. The van der Waals surface area contributed by atoms with Crippen molar-refractivity contribution in [1.82, 2.24) is 74.4 Å². The van der Waals surface area contributed by atoms with Crippen molar-refractivity contribution in [1.29, 1.82) is 0 Å². The average Bonchev–Trinajstić information content (AvgIpc) is 0.853. The summed E-state index contributed by atoms with van der Waals surface area (Å²) in [7, 11) is 0. The number of primary amides is 2. The normalized spacial score (nSPS) is 14.8. The zero-order valence-electron chi connectivity index (χ0n) is 73.0. The van der Waals surface area contributed by atoms with Crippen LogP contribution in [-0.2, 0) is 87.9 Å². The number of guanidine groups is 3. The first-order chi connectivity index (χ1) is 58.0. The van der Waals surface area contributed by atoms with E-state index in [9.17, 15) is 91.7 Å². The number of aliphatic hydroxyl groups is 1. The fourth-order valence-electron chi connectivity index (χ4n) is 12.3. The number of carbonyl (C=O) groups excluding carboxylic acids is 16. The van der Waals surface area contributed by atoms with Gasteiger partial charge in [-0.15, -0.1) is 0 Å². The van der Waals surface area contributed by atoms with Gasteiger partial charge in [-0.3, -0.25) is 91.7 Å². The summed E-state index contributed by atoms with van der Waals surface area (Å²) in [6.07, 6.45) is -2.63. The van der Waals surface area contributed by atoms with Crippen molar-refractivity contribution in [2.24, 2.45) is 102 Å². The highest BCUT2D eigenvalue weighted by Crippen LogP contribution is 2.16. The standard InChI is InChI=1S/C78H137N27O19/c1-38(2)31-50(64(112)92-37-58(109)94-53(34-45-21-14-13-15-22-45)67(115)93-43(11)62(110)105-61(44(12)106)74(122)101-51(32-39(3)4)68(116)97-49(75(123)124)26-20-30-91-78(87)88)99-70(118)55(36-57(82)108)102-73(121)60(42(9)10)104-71(119)52(33-40(5)6)100-65(113)47(24-16-17-27-79)96-72(120)59(41(7)8)103-66(114)48(25-19-29-90-77(85)86)95-69(117)54(35-56(81)107)98-63(111)46(80)23-18-28-89-76(83)84/h13-15,21-22,38-44,46-55,59-61,106H,16-20,23-37,79-80H2,1-12H3,(H2,81,107)(H2,82,108)(H,92,112)(H,93,115)(H,94,109)(H,95,117)(H,96,120)(H,97,116)(H,98,111)(H,99,118)(H,100,113)(H,101,122)(H,102,121)(H,103,114)(H,104,119)(H,105,110)(H,123,124)(H4,83,84,89)(H4,85,86,90)(H4,87,88,91)/t43-,44+,46-,47-,48-,49-,50-,51-,52-,53-,54-,55-,59-,60-,61-/m0/s1. The van der Waals surface area contributed by atoms with Gasteiger partial charge in [0, 0.05) is 26.1 Å². The van der Waals surface area contributed by atoms with Crippen LogP contribution in [0.5, 0.6) is 0 Å². The van der Waals surface area contributed by atoms with Crippen LogP contribution in [0.1, 0.15) is 179 Å². The predicted octanol–water partition coefficient (Wildman–Crippen LogP) is -8.05. The first kappa shape index (κ1) is 110. The van der Waals surface area contributed by atoms with Gasteiger partial charge in [0.15, 0.2) is 17.9 Å². The van der Waals surface area contributed by atoms with Gasteiger partial charge < -0.3 is 142 Å². The Labute approximate surface area is 722 Å². The number of hydrogen-bond acceptors (Lipinski definition) is 23. The fourth-order valence-corrected chi connectivity index (χ4v) is 12.3. The minimum Gasteiger partial charge on any atom is -0.480 e. The van der Waals surface area contributed by atoms with Crippen LogP contribution in [0.15, 0.2) is 45.3 Å². The second-order valence-electron chi connectivity index (χ2n) is 32.2. The summed E-state index contributed by atoms with van der Waals surface area (Å²) in [5.41, 5.74) is 56.0. The molecular weight excluding hydrogens is 1620 g/mol. The van der Waals surface area contributed by atoms with E-state index in [2.05, 4.69) is 89.4 Å². The molecule has 1 aromatic rings. The van der Waals surface area contributed by atoms with Crippen LogP contribution < -0.4 is 132 Å². The van der Waals surface area contributed by atoms with E-state index in [1.54, 1.807) is 85.7 Å². The van der Waals surface area contributed by atoms with Crippen molar-refractivity contribution >= 4 is 118 Å². The molecule has 0 bridgehead atoms. The van der Waals surface area contributed by atoms with Gasteiger partial charge in [-0.1, -0.05) is 99.6 Å². The molecule has 1 aromatic carbocycles. The van der Waals surface area contributed by atoms with Crippen molar-refractivity contribution < 1.29 is 91.7 Å². The molecule has 46 nitrogen and oxygen atoms in total. The first-order valence-electron chi connectivity index (χ1n) is 41.3. The van der Waals surface area contributed by atoms with Crippen LogP contribution >= 0.6 is 0 Å². The number of amides is 16. The predicted molar refractivity (Wildman–Crippen MR) is 460 cm³/mol. The van der Waals surface area contributed by atoms with E-state index in [0.29, 0.717) is 12.0 Å². The van der Waals surface area contributed by atoms with Gasteiger partial charge in [-0.2, -0.15) is 0 Å². The number of nitrogens with zero attached hydrogens (tertiary/aromatic N) is 3. The van der Waals surface area contributed by atoms with Crippen molar-refractivity contribution in [3.63, 3.8) is 0 Å². The molecule has 0 aliphatic carbocycles. The monoisotopic (exact) mass is 1760 g/mol. The highest BCUT2D eigenvalue weighted by atomic mass is 16.4. The number of aliphatic imine (C=N–C) groups is 3. The molecule has 0 fully saturated rings. The minimum atomic E-state index is -1.80. The lowest BCUT2D eigenvalue weighted by Gasteiger charge is -2.30. The quantitative estimate of drug-likeness (QED) is 0.0164. The third kappa shape index (κ3) is 44.6. The molecular formula is C78H137N27O19. The Kier molecular flexibility index (Phi) is 50.8. The molecule has 0 spiro atoms. The molecule has 0 saturated heterocycles. The maximum absolute atomic E-state index is 14.6. The highest BCUT2D eigenvalue weighted by molar-refractivity contribution is 6.01. The summed E-state index contributed by atoms with van der Waals surface area (Å²) in [4.78, 5) is 245. The molecule has 16 amide bonds. The molecule has 0 radical (unpaired) electrons. The van der Waals surface area contributed by atoms with E-state index in [0.717, 1.165) is 0 Å². The maximum atomic E-state index is 14.6. The molecule has 15 atom stereocenters. The number of hydrogen-bond donors (Lipinski definition) is 26. The Balaban J connectivity index is 3.53. The second kappa shape index (κ2) is 57.3. The lowest BCUT2D eigenvalue weighted by atomic mass is 9.98. The maximum Gasteiger partial charge on any atom is 0.326 e. The summed E-state index contributed by atoms with van der Waals surface area (Å²) in [5, 5.41) is 55.8. The lowest BCUT2D eigenvalue weighted by molar-refractivity contribution is -0.142. The van der Waals surface area contributed by atoms with Crippen molar-refractivity contribution in [3.05, 3.63) is 35.9 Å². The SMILES string of the molecule is CC(C)C[C@H](NC(=O)[C@H](CC(N)=O)NC(=O)[C@@H](NC(=O)[C@H](CC(C)C)NC(=O)[C@H](CCCCN)NC(=O)[C@@H](NC(=O)[C@H](CCCN=C(N)N)NC(=O)[C@H](CC(N)=O)NC(=O)[C@@H](N)CCCN=C(N)N)C(C)C)C(C)C)C(=O)NCC(=O)N[C@@H](Cc1ccccc1)C(=O)N[C@@H](C)C(=O)N[C@H](C(=O)N[C@@H](CC(C)C)C(=O)N[C@@H](CCCN=C(N)N)C(=O)O)[C@@H](C)O. The summed E-state index contributed by atoms with van der Waals surface area (Å²) < 4.78 is 0. The van der Waals surface area contributed by atoms with E-state index < -0.39 is 222 Å². The second-order valence-corrected chi connectivity index (χ2v) is 32.2. The number of carboxylic acid groups (broad SMARTS) is 1. The molecule has 0 unspecified atom stereocenters. The fraction of sp³-hybridized carbons (Fsp3) is 0.667. The molecule has 0 aliphatic heterocycles. The molecule has 46 heteroatoms. The van der Waals surface area contributed by atoms with Gasteiger partial charge in [-0.05, 0) is 133 Å². The van der Waals surface area contributed by atoms with E-state index >= 15 is 0 Å². The number of benzene rings is 1. The summed E-state index contributed by atoms with van der Waals surface area (Å²) in [6, 6.07) is -12.5. The number of nitrogens with one attached hydrogen (secondary N) is 14. The lowest BCUT2D eigenvalue weighted by Crippen LogP contribution is -2.62. The third-order valence-corrected chi connectivity index (χ3v) is 18.8. The summed E-state index contributed by atoms with van der Waals surface area (Å²) in [6.45, 7) is 18.5. The van der Waals surface area contributed by atoms with Crippen LogP contribution in [0.4, 0.5) is 0 Å². The van der Waals surface area contributed by atoms with Gasteiger partial charge in [0.2, 0.25) is 94.5 Å². The van der Waals surface area contributed by atoms with Gasteiger partial charge >= 0.3 is 5.97 Å². The van der Waals surface area contributed by atoms with Crippen LogP contribution in [-0.4, -0.2) is 252 Å². The summed E-state index contributed by atoms with van der Waals surface area (Å²) >= 11 is 0. The molecule has 0 saturated carbocycles. The molecule has 1 rings (SSSR count). The average molecular weight is 1760 g/mol. The number of carboxylic acids is 1. The molecule has 0 aliphatic rings. The van der Waals surface area contributed by atoms with Gasteiger partial charge in [0.25, 0.3) is 0 Å². The Hall–Kier alpha value is -12.1. The Morgan fingerprint density at radius 3 is 1.11 bits per heavy atom. The molecule has 698 valence electrons. The highest BCUT2D eigenvalue weighted by Gasteiger charge is 2.40. The van der Waals surface area contributed by atoms with E-state index in [-0.39, 0.29) is 139 Å². The molecule has 124 heavy (non-hydrogen) atoms. The van der Waals surface area contributed by atoms with E-state index in [1.165, 1.54) is 27.7 Å². The van der Waals surface area contributed by atoms with E-state index in [1.807, 2.05) is 0 Å². The van der Waals surface area contributed by atoms with Gasteiger partial charge in [0.05, 0.1) is 31.5 Å². The number of aliphatic hydroxyl groups excluding tert-OH is 1. The molecule has 0 heterocycles. The molecule has 36 N–H and O–H groups in total. The van der Waals surface area contributed by atoms with Crippen LogP contribution in [0.25, 0.3) is 0 Å². The van der Waals surface area contributed by atoms with Crippen LogP contribution in [0, 0.1) is 29.6 Å². The minimum absolute atomic E-state index is 0.00309. The number of aliphatic carboxylic acids is 1. The topological polar surface area (TPSA) is 796 Å². The number of nitrogens with two attached hydrogens (primary N) is 10. The number of carbonyl (C=O) groups is 17. The summed E-state index contributed by atoms with van der Waals surface area (Å²) in [5.74, 6) is -19.9. The third-order valence-electron chi connectivity index (χ3n) is 18.8. The Morgan fingerprint density at radius 2 is 0.694 bits per heavy atom. The Morgan fingerprint density at radius 1 is 0.355 bits per heavy atom. The molecule has 0 aromatic heterocycles. The first-order valence-corrected chi connectivity index (χ1v) is 41.3. The van der Waals surface area contributed by atoms with Gasteiger partial charge in [0.1, 0.15) is 78.5 Å². The Bertz CT molecular complexity index is 3800. The van der Waals surface area contributed by atoms with Crippen molar-refractivity contribution in [3.8, 4) is 0 Å². The number of rotatable bonds is 60. The number of unbranched alkanes of at least 4 members (excludes halogenated alkanes) is 1. The van der Waals surface area contributed by atoms with Crippen LogP contribution in [0.3, 0.4) is 0 Å². The van der Waals surface area contributed by atoms with E-state index in [4.69, 9.17) is 57.3 Å². The zero-order valence-corrected chi connectivity index (χ0v) is 73.0. The van der Waals surface area contributed by atoms with Gasteiger partial charge in [-0.25, -0.2) is 4.79 Å². The van der Waals surface area contributed by atoms with Crippen molar-refractivity contribution in [2.45, 2.75) is 270 Å². The van der Waals surface area contributed by atoms with Crippen LogP contribution in [0.2, 0.25) is 0 Å². The largest absolute Gasteiger partial charge is 0.480 e. The zero-order chi connectivity index (χ0) is 94.4. The van der Waals surface area contributed by atoms with Crippen molar-refractivity contribution in [2.75, 3.05) is 32.7 Å².